The lowest BCUT2D eigenvalue weighted by Gasteiger charge is -2.21. The maximum Gasteiger partial charge on any atom is 0.207 e. The van der Waals surface area contributed by atoms with E-state index in [9.17, 15) is 0 Å². The van der Waals surface area contributed by atoms with Crippen LogP contribution in [0.2, 0.25) is 0 Å². The lowest BCUT2D eigenvalue weighted by molar-refractivity contribution is 0.713. The first-order valence-corrected chi connectivity index (χ1v) is 5.30. The van der Waals surface area contributed by atoms with Crippen molar-refractivity contribution >= 4 is 29.0 Å². The number of nitrogens with two attached hydrogens (primary N) is 2. The van der Waals surface area contributed by atoms with Crippen LogP contribution in [0.1, 0.15) is 12.8 Å². The molecule has 0 aliphatic heterocycles. The van der Waals surface area contributed by atoms with Gasteiger partial charge < -0.3 is 5.73 Å². The fourth-order valence-electron chi connectivity index (χ4n) is 1.41. The molecule has 0 radical (unpaired) electrons. The van der Waals surface area contributed by atoms with Crippen LogP contribution in [-0.2, 0) is 0 Å². The predicted octanol–water partition coefficient (Wildman–Crippen LogP) is 1.07. The van der Waals surface area contributed by atoms with Crippen LogP contribution in [0.3, 0.4) is 0 Å². The summed E-state index contributed by atoms with van der Waals surface area (Å²) in [5.41, 5.74) is 8.70. The molecule has 5 nitrogen and oxygen atoms in total. The van der Waals surface area contributed by atoms with Crippen LogP contribution in [0, 0.1) is 11.5 Å². The number of aliphatic imine (C=N–C) groups is 1. The molecule has 5 N–H and O–H groups in total. The third-order valence-corrected chi connectivity index (χ3v) is 3.09. The Balaban J connectivity index is 3.04. The Hall–Kier alpha value is -1.06. The molecular weight excluding hydrogens is 249 g/mol. The minimum atomic E-state index is -0.596. The summed E-state index contributed by atoms with van der Waals surface area (Å²) >= 11 is 12.0. The first-order chi connectivity index (χ1) is 7.61. The number of nitriles is 1. The Morgan fingerprint density at radius 2 is 2.31 bits per heavy atom. The number of halogens is 2. The van der Waals surface area contributed by atoms with E-state index in [1.165, 1.54) is 0 Å². The minimum absolute atomic E-state index is 0.0563. The molecule has 0 spiro atoms. The van der Waals surface area contributed by atoms with Gasteiger partial charge in [-0.05, 0) is 18.4 Å². The van der Waals surface area contributed by atoms with E-state index < -0.39 is 6.04 Å². The lowest BCUT2D eigenvalue weighted by Crippen LogP contribution is -2.46. The highest BCUT2D eigenvalue weighted by molar-refractivity contribution is 6.41. The van der Waals surface area contributed by atoms with E-state index in [0.717, 1.165) is 6.42 Å². The summed E-state index contributed by atoms with van der Waals surface area (Å²) in [5, 5.41) is 9.39. The Bertz CT molecular complexity index is 405. The van der Waals surface area contributed by atoms with Gasteiger partial charge in [0.25, 0.3) is 0 Å². The van der Waals surface area contributed by atoms with Gasteiger partial charge in [-0.2, -0.15) is 10.3 Å². The van der Waals surface area contributed by atoms with E-state index in [2.05, 4.69) is 10.4 Å². The van der Waals surface area contributed by atoms with Gasteiger partial charge >= 0.3 is 0 Å². The van der Waals surface area contributed by atoms with Gasteiger partial charge in [0, 0.05) is 5.03 Å². The van der Waals surface area contributed by atoms with Crippen molar-refractivity contribution in [1.29, 1.82) is 5.26 Å². The number of nitrogens with zero attached hydrogens (tertiary/aromatic N) is 2. The molecule has 0 aromatic heterocycles. The van der Waals surface area contributed by atoms with Crippen LogP contribution in [0.15, 0.2) is 26.7 Å². The standard InChI is InChI=1S/C9H11Cl2N5/c10-6-3-1-2-5(7(6)11)8(16-14)9(13)15-4-12/h2,8,16H,1,3,14H2,(H2,13,15). The van der Waals surface area contributed by atoms with Crippen molar-refractivity contribution in [2.24, 2.45) is 16.6 Å². The summed E-state index contributed by atoms with van der Waals surface area (Å²) in [6, 6.07) is -0.596. The van der Waals surface area contributed by atoms with Gasteiger partial charge in [0.05, 0.1) is 5.03 Å². The Morgan fingerprint density at radius 1 is 1.62 bits per heavy atom. The number of nitrogens with one attached hydrogen (secondary N) is 1. The summed E-state index contributed by atoms with van der Waals surface area (Å²) in [6.45, 7) is 0. The van der Waals surface area contributed by atoms with E-state index in [4.69, 9.17) is 40.0 Å². The number of hydrogen-bond donors (Lipinski definition) is 3. The highest BCUT2D eigenvalue weighted by Crippen LogP contribution is 2.32. The van der Waals surface area contributed by atoms with Crippen LogP contribution >= 0.6 is 23.2 Å². The first kappa shape index (κ1) is 13.0. The fourth-order valence-corrected chi connectivity index (χ4v) is 1.91. The second-order valence-corrected chi connectivity index (χ2v) is 3.99. The normalized spacial score (nSPS) is 19.1. The average molecular weight is 260 g/mol. The molecule has 16 heavy (non-hydrogen) atoms. The SMILES string of the molecule is N#CN=C(N)C(NN)C1=CCCC(Cl)=C1Cl. The van der Waals surface area contributed by atoms with Crippen molar-refractivity contribution in [2.75, 3.05) is 0 Å². The molecule has 1 atom stereocenters. The zero-order chi connectivity index (χ0) is 12.1. The molecule has 7 heteroatoms. The fraction of sp³-hybridized carbons (Fsp3) is 0.333. The monoisotopic (exact) mass is 259 g/mol. The molecule has 0 heterocycles. The molecule has 0 saturated carbocycles. The highest BCUT2D eigenvalue weighted by atomic mass is 35.5. The molecule has 0 bridgehead atoms. The largest absolute Gasteiger partial charge is 0.385 e. The van der Waals surface area contributed by atoms with Crippen LogP contribution < -0.4 is 17.0 Å². The summed E-state index contributed by atoms with van der Waals surface area (Å²) < 4.78 is 0. The van der Waals surface area contributed by atoms with E-state index in [0.29, 0.717) is 22.1 Å². The minimum Gasteiger partial charge on any atom is -0.385 e. The lowest BCUT2D eigenvalue weighted by atomic mass is 9.99. The first-order valence-electron chi connectivity index (χ1n) is 4.54. The number of hydrogen-bond acceptors (Lipinski definition) is 4. The topological polar surface area (TPSA) is 100 Å². The van der Waals surface area contributed by atoms with Crippen molar-refractivity contribution in [3.8, 4) is 6.19 Å². The maximum absolute atomic E-state index is 8.42. The van der Waals surface area contributed by atoms with Crippen molar-refractivity contribution in [3.63, 3.8) is 0 Å². The Kier molecular flexibility index (Phi) is 4.77. The third kappa shape index (κ3) is 2.74. The number of hydrazine groups is 1. The third-order valence-electron chi connectivity index (χ3n) is 2.17. The highest BCUT2D eigenvalue weighted by Gasteiger charge is 2.23. The second kappa shape index (κ2) is 5.87. The number of amidine groups is 1. The van der Waals surface area contributed by atoms with Gasteiger partial charge in [-0.1, -0.05) is 29.3 Å². The van der Waals surface area contributed by atoms with Crippen molar-refractivity contribution in [2.45, 2.75) is 18.9 Å². The number of rotatable bonds is 3. The molecule has 1 rings (SSSR count). The predicted molar refractivity (Wildman–Crippen MR) is 64.4 cm³/mol. The van der Waals surface area contributed by atoms with Gasteiger partial charge in [0.15, 0.2) is 0 Å². The molecule has 86 valence electrons. The van der Waals surface area contributed by atoms with E-state index >= 15 is 0 Å². The van der Waals surface area contributed by atoms with Crippen molar-refractivity contribution in [3.05, 3.63) is 21.7 Å². The summed E-state index contributed by atoms with van der Waals surface area (Å²) in [6.07, 6.45) is 4.91. The summed E-state index contributed by atoms with van der Waals surface area (Å²) in [7, 11) is 0. The van der Waals surface area contributed by atoms with E-state index in [-0.39, 0.29) is 5.84 Å². The number of allylic oxidation sites excluding steroid dienone is 2. The molecule has 1 unspecified atom stereocenters. The van der Waals surface area contributed by atoms with Crippen LogP contribution in [0.4, 0.5) is 0 Å². The average Bonchev–Trinajstić information content (AvgIpc) is 2.25. The molecular formula is C9H11Cl2N5. The maximum atomic E-state index is 8.42. The summed E-state index contributed by atoms with van der Waals surface area (Å²) in [4.78, 5) is 3.42. The molecule has 0 aromatic rings. The Morgan fingerprint density at radius 3 is 2.88 bits per heavy atom. The van der Waals surface area contributed by atoms with Crippen LogP contribution in [-0.4, -0.2) is 11.9 Å². The van der Waals surface area contributed by atoms with Gasteiger partial charge in [0.2, 0.25) is 6.19 Å². The molecule has 0 fully saturated rings. The van der Waals surface area contributed by atoms with Gasteiger partial charge in [-0.25, -0.2) is 5.43 Å². The molecule has 0 saturated heterocycles. The van der Waals surface area contributed by atoms with Crippen molar-refractivity contribution < 1.29 is 0 Å². The quantitative estimate of drug-likeness (QED) is 0.232. The molecule has 0 amide bonds. The van der Waals surface area contributed by atoms with E-state index in [1.54, 1.807) is 6.19 Å². The Labute approximate surface area is 103 Å². The molecule has 0 aromatic carbocycles. The summed E-state index contributed by atoms with van der Waals surface area (Å²) in [5.74, 6) is 5.41. The molecule has 1 aliphatic rings. The molecule has 1 aliphatic carbocycles. The van der Waals surface area contributed by atoms with Crippen LogP contribution in [0.25, 0.3) is 0 Å². The van der Waals surface area contributed by atoms with Crippen molar-refractivity contribution in [1.82, 2.24) is 5.43 Å². The van der Waals surface area contributed by atoms with Gasteiger partial charge in [-0.3, -0.25) is 5.84 Å². The second-order valence-electron chi connectivity index (χ2n) is 3.15. The van der Waals surface area contributed by atoms with Crippen LogP contribution in [0.5, 0.6) is 0 Å². The van der Waals surface area contributed by atoms with Gasteiger partial charge in [-0.15, -0.1) is 0 Å². The van der Waals surface area contributed by atoms with E-state index in [1.807, 2.05) is 6.08 Å². The van der Waals surface area contributed by atoms with Gasteiger partial charge in [0.1, 0.15) is 11.9 Å². The zero-order valence-corrected chi connectivity index (χ0v) is 9.89. The zero-order valence-electron chi connectivity index (χ0n) is 8.37. The smallest absolute Gasteiger partial charge is 0.207 e.